The van der Waals surface area contributed by atoms with E-state index in [0.717, 1.165) is 24.3 Å². The highest BCUT2D eigenvalue weighted by Crippen LogP contribution is 2.31. The van der Waals surface area contributed by atoms with Crippen LogP contribution in [-0.2, 0) is 4.79 Å². The molecule has 0 heterocycles. The molecule has 0 aliphatic rings. The molecule has 0 bridgehead atoms. The lowest BCUT2D eigenvalue weighted by Crippen LogP contribution is -2.33. The maximum Gasteiger partial charge on any atom is 0.433 e. The van der Waals surface area contributed by atoms with Gasteiger partial charge in [0.25, 0.3) is 5.92 Å². The number of halogens is 6. The number of rotatable bonds is 7. The summed E-state index contributed by atoms with van der Waals surface area (Å²) in [5.41, 5.74) is -2.24. The maximum absolute atomic E-state index is 13.8. The minimum Gasteiger partial charge on any atom is -0.480 e. The van der Waals surface area contributed by atoms with Crippen molar-refractivity contribution in [2.24, 2.45) is 10.9 Å². The Kier molecular flexibility index (Phi) is 6.61. The lowest BCUT2D eigenvalue weighted by atomic mass is 9.99. The van der Waals surface area contributed by atoms with Crippen molar-refractivity contribution in [2.75, 3.05) is 0 Å². The van der Waals surface area contributed by atoms with Gasteiger partial charge in [-0.3, -0.25) is 4.99 Å². The summed E-state index contributed by atoms with van der Waals surface area (Å²) in [4.78, 5) is 14.2. The summed E-state index contributed by atoms with van der Waals surface area (Å²) in [7, 11) is 0. The van der Waals surface area contributed by atoms with Gasteiger partial charge in [-0.2, -0.15) is 13.2 Å². The molecule has 0 fully saturated rings. The fraction of sp³-hybridized carbons (Fsp3) is 0.500. The minimum atomic E-state index is -5.08. The van der Waals surface area contributed by atoms with Crippen molar-refractivity contribution in [3.63, 3.8) is 0 Å². The van der Waals surface area contributed by atoms with E-state index in [1.165, 1.54) is 13.8 Å². The van der Waals surface area contributed by atoms with E-state index < -0.39 is 60.0 Å². The number of hydrogen-bond donors (Lipinski definition) is 1. The minimum absolute atomic E-state index is 0.479. The Bertz CT molecular complexity index is 623. The quantitative estimate of drug-likeness (QED) is 0.559. The lowest BCUT2D eigenvalue weighted by molar-refractivity contribution is -0.141. The average molecular weight is 369 g/mol. The van der Waals surface area contributed by atoms with Gasteiger partial charge in [-0.15, -0.1) is 0 Å². The van der Waals surface area contributed by atoms with E-state index in [2.05, 4.69) is 4.99 Å². The van der Waals surface area contributed by atoms with Crippen molar-refractivity contribution in [3.05, 3.63) is 35.6 Å². The Balaban J connectivity index is 3.26. The summed E-state index contributed by atoms with van der Waals surface area (Å²) in [6.07, 6.45) is -7.12. The third-order valence-corrected chi connectivity index (χ3v) is 3.16. The zero-order valence-corrected chi connectivity index (χ0v) is 13.4. The zero-order chi connectivity index (χ0) is 19.4. The first-order valence-electron chi connectivity index (χ1n) is 7.33. The number of carboxylic acid groups (broad SMARTS) is 1. The molecular formula is C16H17F6NO2. The first kappa shape index (κ1) is 21.0. The third kappa shape index (κ3) is 6.75. The molecule has 0 saturated carbocycles. The van der Waals surface area contributed by atoms with Crippen LogP contribution in [0.5, 0.6) is 0 Å². The summed E-state index contributed by atoms with van der Waals surface area (Å²) in [6, 6.07) is 0.703. The van der Waals surface area contributed by atoms with Gasteiger partial charge in [0, 0.05) is 18.4 Å². The predicted molar refractivity (Wildman–Crippen MR) is 79.4 cm³/mol. The Morgan fingerprint density at radius 3 is 2.00 bits per heavy atom. The van der Waals surface area contributed by atoms with Gasteiger partial charge in [0.15, 0.2) is 6.04 Å². The average Bonchev–Trinajstić information content (AvgIpc) is 2.41. The topological polar surface area (TPSA) is 49.7 Å². The van der Waals surface area contributed by atoms with E-state index in [-0.39, 0.29) is 0 Å². The summed E-state index contributed by atoms with van der Waals surface area (Å²) in [6.45, 7) is 2.96. The molecule has 0 radical (unpaired) electrons. The van der Waals surface area contributed by atoms with Gasteiger partial charge >= 0.3 is 12.1 Å². The number of benzene rings is 1. The molecule has 1 rings (SSSR count). The van der Waals surface area contributed by atoms with E-state index in [0.29, 0.717) is 0 Å². The fourth-order valence-electron chi connectivity index (χ4n) is 2.23. The largest absolute Gasteiger partial charge is 0.480 e. The molecule has 1 aromatic carbocycles. The van der Waals surface area contributed by atoms with Gasteiger partial charge in [0.2, 0.25) is 0 Å². The Labute approximate surface area is 140 Å². The van der Waals surface area contributed by atoms with Crippen LogP contribution in [0.2, 0.25) is 0 Å². The second-order valence-corrected chi connectivity index (χ2v) is 5.99. The standard InChI is InChI=1S/C16H17F6NO2/c1-9(2)7-15(18,19)8-12(14(24)25)23-13(16(20,21)22)10-3-5-11(17)6-4-10/h3-6,9,12H,7-8H2,1-2H3,(H,24,25)/b23-13-/t12-/m0/s1. The molecule has 1 N–H and O–H groups in total. The molecule has 0 amide bonds. The van der Waals surface area contributed by atoms with Crippen molar-refractivity contribution in [3.8, 4) is 0 Å². The first-order valence-corrected chi connectivity index (χ1v) is 7.33. The molecule has 0 spiro atoms. The molecule has 25 heavy (non-hydrogen) atoms. The third-order valence-electron chi connectivity index (χ3n) is 3.16. The maximum atomic E-state index is 13.8. The second-order valence-electron chi connectivity index (χ2n) is 5.99. The van der Waals surface area contributed by atoms with Crippen molar-refractivity contribution in [2.45, 2.75) is 44.8 Å². The van der Waals surface area contributed by atoms with Gasteiger partial charge in [-0.1, -0.05) is 13.8 Å². The number of alkyl halides is 5. The number of carboxylic acids is 1. The highest BCUT2D eigenvalue weighted by atomic mass is 19.4. The molecule has 0 aliphatic heterocycles. The van der Waals surface area contributed by atoms with Gasteiger partial charge < -0.3 is 5.11 Å². The number of carbonyl (C=O) groups is 1. The van der Waals surface area contributed by atoms with E-state index >= 15 is 0 Å². The molecule has 1 atom stereocenters. The number of hydrogen-bond acceptors (Lipinski definition) is 2. The lowest BCUT2D eigenvalue weighted by Gasteiger charge is -2.21. The fourth-order valence-corrected chi connectivity index (χ4v) is 2.23. The number of nitrogens with zero attached hydrogens (tertiary/aromatic N) is 1. The zero-order valence-electron chi connectivity index (χ0n) is 13.4. The van der Waals surface area contributed by atoms with Crippen molar-refractivity contribution in [1.29, 1.82) is 0 Å². The normalized spacial score (nSPS) is 14.7. The molecular weight excluding hydrogens is 352 g/mol. The van der Waals surface area contributed by atoms with Gasteiger partial charge in [-0.05, 0) is 30.2 Å². The smallest absolute Gasteiger partial charge is 0.433 e. The Morgan fingerprint density at radius 2 is 1.60 bits per heavy atom. The molecule has 140 valence electrons. The number of aliphatic imine (C=N–C) groups is 1. The van der Waals surface area contributed by atoms with Crippen LogP contribution in [0.1, 0.15) is 32.3 Å². The summed E-state index contributed by atoms with van der Waals surface area (Å²) < 4.78 is 80.0. The molecule has 0 saturated heterocycles. The van der Waals surface area contributed by atoms with Crippen LogP contribution >= 0.6 is 0 Å². The SMILES string of the molecule is CC(C)CC(F)(F)C[C@H](/N=C(/c1ccc(F)cc1)C(F)(F)F)C(=O)O. The molecule has 9 heteroatoms. The summed E-state index contributed by atoms with van der Waals surface area (Å²) >= 11 is 0. The first-order chi connectivity index (χ1) is 11.3. The van der Waals surface area contributed by atoms with E-state index in [4.69, 9.17) is 5.11 Å². The van der Waals surface area contributed by atoms with Crippen LogP contribution < -0.4 is 0 Å². The van der Waals surface area contributed by atoms with E-state index in [1.807, 2.05) is 0 Å². The van der Waals surface area contributed by atoms with Crippen molar-refractivity contribution >= 4 is 11.7 Å². The molecule has 1 aromatic rings. The van der Waals surface area contributed by atoms with Crippen LogP contribution in [0.25, 0.3) is 0 Å². The monoisotopic (exact) mass is 369 g/mol. The van der Waals surface area contributed by atoms with E-state index in [9.17, 15) is 31.1 Å². The molecule has 0 aliphatic carbocycles. The highest BCUT2D eigenvalue weighted by Gasteiger charge is 2.41. The van der Waals surface area contributed by atoms with Crippen LogP contribution in [-0.4, -0.2) is 34.9 Å². The molecule has 0 aromatic heterocycles. The highest BCUT2D eigenvalue weighted by molar-refractivity contribution is 6.05. The van der Waals surface area contributed by atoms with Gasteiger partial charge in [0.05, 0.1) is 0 Å². The van der Waals surface area contributed by atoms with Crippen LogP contribution in [0.3, 0.4) is 0 Å². The Morgan fingerprint density at radius 1 is 1.08 bits per heavy atom. The van der Waals surface area contributed by atoms with Gasteiger partial charge in [-0.25, -0.2) is 18.0 Å². The summed E-state index contributed by atoms with van der Waals surface area (Å²) in [5, 5.41) is 9.01. The molecule has 3 nitrogen and oxygen atoms in total. The Hall–Kier alpha value is -2.06. The summed E-state index contributed by atoms with van der Waals surface area (Å²) in [5.74, 6) is -6.66. The van der Waals surface area contributed by atoms with Crippen LogP contribution in [0, 0.1) is 11.7 Å². The van der Waals surface area contributed by atoms with Crippen LogP contribution in [0.15, 0.2) is 29.3 Å². The van der Waals surface area contributed by atoms with Crippen molar-refractivity contribution < 1.29 is 36.2 Å². The number of aliphatic carboxylic acids is 1. The van der Waals surface area contributed by atoms with Crippen molar-refractivity contribution in [1.82, 2.24) is 0 Å². The van der Waals surface area contributed by atoms with Gasteiger partial charge in [0.1, 0.15) is 11.5 Å². The molecule has 0 unspecified atom stereocenters. The van der Waals surface area contributed by atoms with Crippen LogP contribution in [0.4, 0.5) is 26.3 Å². The predicted octanol–water partition coefficient (Wildman–Crippen LogP) is 4.70. The van der Waals surface area contributed by atoms with E-state index in [1.54, 1.807) is 0 Å². The second kappa shape index (κ2) is 7.88.